The van der Waals surface area contributed by atoms with Crippen LogP contribution in [-0.4, -0.2) is 20.9 Å². The van der Waals surface area contributed by atoms with Gasteiger partial charge in [-0.2, -0.15) is 5.10 Å². The summed E-state index contributed by atoms with van der Waals surface area (Å²) in [6.07, 6.45) is 5.11. The minimum absolute atomic E-state index is 0.276. The van der Waals surface area contributed by atoms with Crippen LogP contribution in [0.1, 0.15) is 10.4 Å². The fourth-order valence-electron chi connectivity index (χ4n) is 1.97. The molecule has 1 aromatic carbocycles. The summed E-state index contributed by atoms with van der Waals surface area (Å²) in [6, 6.07) is 13.3. The summed E-state index contributed by atoms with van der Waals surface area (Å²) in [5, 5.41) is 15.5. The van der Waals surface area contributed by atoms with Crippen molar-refractivity contribution in [2.24, 2.45) is 0 Å². The zero-order chi connectivity index (χ0) is 14.7. The Bertz CT molecular complexity index is 774. The maximum Gasteiger partial charge on any atom is 0.337 e. The molecular formula is C16H12N2O2S. The highest BCUT2D eigenvalue weighted by atomic mass is 32.1. The second-order valence-electron chi connectivity index (χ2n) is 4.39. The Hall–Kier alpha value is -2.66. The van der Waals surface area contributed by atoms with E-state index >= 15 is 0 Å². The Morgan fingerprint density at radius 2 is 2.00 bits per heavy atom. The lowest BCUT2D eigenvalue weighted by molar-refractivity contribution is -0.130. The molecule has 0 unspecified atom stereocenters. The van der Waals surface area contributed by atoms with Crippen molar-refractivity contribution in [2.45, 2.75) is 0 Å². The van der Waals surface area contributed by atoms with E-state index in [0.717, 1.165) is 16.1 Å². The third-order valence-electron chi connectivity index (χ3n) is 2.95. The van der Waals surface area contributed by atoms with Crippen molar-refractivity contribution in [3.63, 3.8) is 0 Å². The molecule has 4 nitrogen and oxygen atoms in total. The number of aromatic nitrogens is 2. The van der Waals surface area contributed by atoms with E-state index in [4.69, 9.17) is 0 Å². The summed E-state index contributed by atoms with van der Waals surface area (Å²) in [4.78, 5) is 12.1. The molecule has 0 spiro atoms. The van der Waals surface area contributed by atoms with Gasteiger partial charge in [-0.3, -0.25) is 0 Å². The first-order valence-electron chi connectivity index (χ1n) is 6.33. The van der Waals surface area contributed by atoms with Gasteiger partial charge in [0.2, 0.25) is 0 Å². The maximum atomic E-state index is 11.4. The fourth-order valence-corrected chi connectivity index (χ4v) is 2.70. The quantitative estimate of drug-likeness (QED) is 0.749. The minimum atomic E-state index is -0.940. The van der Waals surface area contributed by atoms with Crippen molar-refractivity contribution in [3.8, 4) is 5.69 Å². The number of aliphatic carboxylic acids is 1. The Balaban J connectivity index is 1.96. The lowest BCUT2D eigenvalue weighted by Crippen LogP contribution is -1.97. The highest BCUT2D eigenvalue weighted by Gasteiger charge is 2.12. The molecule has 0 bridgehead atoms. The van der Waals surface area contributed by atoms with Gasteiger partial charge in [-0.05, 0) is 29.7 Å². The van der Waals surface area contributed by atoms with Gasteiger partial charge in [-0.25, -0.2) is 9.48 Å². The van der Waals surface area contributed by atoms with Crippen LogP contribution in [0.3, 0.4) is 0 Å². The number of para-hydroxylation sites is 1. The lowest BCUT2D eigenvalue weighted by Gasteiger charge is -1.99. The molecular weight excluding hydrogens is 284 g/mol. The molecule has 21 heavy (non-hydrogen) atoms. The van der Waals surface area contributed by atoms with E-state index in [9.17, 15) is 9.90 Å². The number of hydrogen-bond acceptors (Lipinski definition) is 3. The van der Waals surface area contributed by atoms with Gasteiger partial charge in [-0.15, -0.1) is 11.3 Å². The molecule has 0 aliphatic rings. The van der Waals surface area contributed by atoms with E-state index in [1.54, 1.807) is 23.0 Å². The molecule has 2 aromatic heterocycles. The number of carboxylic acid groups (broad SMARTS) is 1. The highest BCUT2D eigenvalue weighted by molar-refractivity contribution is 7.11. The van der Waals surface area contributed by atoms with E-state index in [2.05, 4.69) is 5.10 Å². The van der Waals surface area contributed by atoms with Crippen LogP contribution in [0.4, 0.5) is 0 Å². The monoisotopic (exact) mass is 296 g/mol. The standard InChI is InChI=1S/C16H12N2O2S/c19-16(20)14(15-7-4-8-21-15)9-12-10-17-18(11-12)13-5-2-1-3-6-13/h1-11H,(H,19,20)/b14-9-. The third-order valence-corrected chi connectivity index (χ3v) is 3.85. The largest absolute Gasteiger partial charge is 0.478 e. The molecule has 0 aliphatic carbocycles. The van der Waals surface area contributed by atoms with Crippen LogP contribution in [0.25, 0.3) is 17.3 Å². The van der Waals surface area contributed by atoms with Crippen molar-refractivity contribution in [2.75, 3.05) is 0 Å². The molecule has 0 fully saturated rings. The summed E-state index contributed by atoms with van der Waals surface area (Å²) in [5.41, 5.74) is 1.97. The molecule has 0 saturated carbocycles. The van der Waals surface area contributed by atoms with Gasteiger partial charge in [0.25, 0.3) is 0 Å². The summed E-state index contributed by atoms with van der Waals surface area (Å²) >= 11 is 1.41. The molecule has 5 heteroatoms. The van der Waals surface area contributed by atoms with Crippen LogP contribution in [0, 0.1) is 0 Å². The average Bonchev–Trinajstić information content (AvgIpc) is 3.17. The lowest BCUT2D eigenvalue weighted by atomic mass is 10.1. The Morgan fingerprint density at radius 1 is 1.19 bits per heavy atom. The van der Waals surface area contributed by atoms with Crippen molar-refractivity contribution in [1.82, 2.24) is 9.78 Å². The molecule has 104 valence electrons. The first kappa shape index (κ1) is 13.3. The van der Waals surface area contributed by atoms with Crippen LogP contribution in [0.5, 0.6) is 0 Å². The molecule has 1 N–H and O–H groups in total. The number of carbonyl (C=O) groups is 1. The van der Waals surface area contributed by atoms with Gasteiger partial charge in [0, 0.05) is 16.6 Å². The molecule has 0 saturated heterocycles. The zero-order valence-corrected chi connectivity index (χ0v) is 11.8. The molecule has 0 aliphatic heterocycles. The highest BCUT2D eigenvalue weighted by Crippen LogP contribution is 2.23. The first-order valence-corrected chi connectivity index (χ1v) is 7.21. The molecule has 3 rings (SSSR count). The first-order chi connectivity index (χ1) is 10.2. The van der Waals surface area contributed by atoms with Crippen LogP contribution >= 0.6 is 11.3 Å². The van der Waals surface area contributed by atoms with E-state index in [1.165, 1.54) is 11.3 Å². The molecule has 2 heterocycles. The SMILES string of the molecule is O=C(O)/C(=C\c1cnn(-c2ccccc2)c1)c1cccs1. The Labute approximate surface area is 125 Å². The number of nitrogens with zero attached hydrogens (tertiary/aromatic N) is 2. The van der Waals surface area contributed by atoms with Crippen LogP contribution < -0.4 is 0 Å². The van der Waals surface area contributed by atoms with Crippen LogP contribution in [-0.2, 0) is 4.79 Å². The second kappa shape index (κ2) is 5.76. The number of benzene rings is 1. The molecule has 0 amide bonds. The summed E-state index contributed by atoms with van der Waals surface area (Å²) in [5.74, 6) is -0.940. The van der Waals surface area contributed by atoms with Crippen LogP contribution in [0.15, 0.2) is 60.2 Å². The predicted octanol–water partition coefficient (Wildman–Crippen LogP) is 3.56. The normalized spacial score (nSPS) is 11.5. The average molecular weight is 296 g/mol. The van der Waals surface area contributed by atoms with Crippen molar-refractivity contribution in [1.29, 1.82) is 0 Å². The van der Waals surface area contributed by atoms with E-state index in [-0.39, 0.29) is 5.57 Å². The maximum absolute atomic E-state index is 11.4. The zero-order valence-electron chi connectivity index (χ0n) is 11.0. The van der Waals surface area contributed by atoms with Gasteiger partial charge in [0.15, 0.2) is 0 Å². The van der Waals surface area contributed by atoms with Gasteiger partial charge in [0.05, 0.1) is 17.5 Å². The smallest absolute Gasteiger partial charge is 0.337 e. The molecule has 0 radical (unpaired) electrons. The summed E-state index contributed by atoms with van der Waals surface area (Å²) < 4.78 is 1.72. The van der Waals surface area contributed by atoms with Crippen molar-refractivity contribution >= 4 is 29.0 Å². The van der Waals surface area contributed by atoms with Gasteiger partial charge < -0.3 is 5.11 Å². The fraction of sp³-hybridized carbons (Fsp3) is 0. The molecule has 0 atom stereocenters. The van der Waals surface area contributed by atoms with Crippen molar-refractivity contribution in [3.05, 3.63) is 70.7 Å². The van der Waals surface area contributed by atoms with Crippen LogP contribution in [0.2, 0.25) is 0 Å². The predicted molar refractivity (Wildman–Crippen MR) is 83.4 cm³/mol. The topological polar surface area (TPSA) is 55.1 Å². The number of thiophene rings is 1. The van der Waals surface area contributed by atoms with E-state index < -0.39 is 5.97 Å². The van der Waals surface area contributed by atoms with Gasteiger partial charge in [0.1, 0.15) is 0 Å². The van der Waals surface area contributed by atoms with E-state index in [1.807, 2.05) is 48.0 Å². The van der Waals surface area contributed by atoms with Crippen molar-refractivity contribution < 1.29 is 9.90 Å². The number of hydrogen-bond donors (Lipinski definition) is 1. The molecule has 3 aromatic rings. The third kappa shape index (κ3) is 2.93. The minimum Gasteiger partial charge on any atom is -0.478 e. The number of carboxylic acids is 1. The summed E-state index contributed by atoms with van der Waals surface area (Å²) in [6.45, 7) is 0. The van der Waals surface area contributed by atoms with Gasteiger partial charge >= 0.3 is 5.97 Å². The van der Waals surface area contributed by atoms with Gasteiger partial charge in [-0.1, -0.05) is 24.3 Å². The van der Waals surface area contributed by atoms with E-state index in [0.29, 0.717) is 0 Å². The Morgan fingerprint density at radius 3 is 2.67 bits per heavy atom. The number of rotatable bonds is 4. The summed E-state index contributed by atoms with van der Waals surface area (Å²) in [7, 11) is 0. The Kier molecular flexibility index (Phi) is 3.66. The second-order valence-corrected chi connectivity index (χ2v) is 5.34.